The Hall–Kier alpha value is -3.15. The Morgan fingerprint density at radius 3 is 2.55 bits per heavy atom. The van der Waals surface area contributed by atoms with Crippen LogP contribution < -0.4 is 5.32 Å². The normalized spacial score (nSPS) is 11.2. The number of hydrogen-bond donors (Lipinski definition) is 3. The van der Waals surface area contributed by atoms with Crippen LogP contribution in [0.1, 0.15) is 12.0 Å². The Kier molecular flexibility index (Phi) is 4.58. The van der Waals surface area contributed by atoms with Gasteiger partial charge in [0.25, 0.3) is 5.69 Å². The Morgan fingerprint density at radius 2 is 2.10 bits per heavy atom. The topological polar surface area (TPSA) is 154 Å². The van der Waals surface area contributed by atoms with Gasteiger partial charge >= 0.3 is 11.9 Å². The number of rotatable bonds is 6. The zero-order valence-electron chi connectivity index (χ0n) is 9.94. The van der Waals surface area contributed by atoms with E-state index in [1.807, 2.05) is 0 Å². The van der Waals surface area contributed by atoms with Crippen molar-refractivity contribution in [2.75, 3.05) is 5.32 Å². The third-order valence-electron chi connectivity index (χ3n) is 2.33. The smallest absolute Gasteiger partial charge is 0.326 e. The average molecular weight is 279 g/mol. The molecular formula is C11H9N3O6. The molecule has 0 saturated heterocycles. The van der Waals surface area contributed by atoms with Gasteiger partial charge in [0, 0.05) is 6.07 Å². The number of nitrogens with one attached hydrogen (secondary N) is 1. The first kappa shape index (κ1) is 14.9. The van der Waals surface area contributed by atoms with Crippen molar-refractivity contribution in [3.8, 4) is 6.07 Å². The van der Waals surface area contributed by atoms with Crippen molar-refractivity contribution >= 4 is 23.3 Å². The van der Waals surface area contributed by atoms with E-state index in [0.29, 0.717) is 0 Å². The fourth-order valence-corrected chi connectivity index (χ4v) is 1.44. The van der Waals surface area contributed by atoms with Gasteiger partial charge in [0.1, 0.15) is 11.7 Å². The minimum absolute atomic E-state index is 0.0346. The monoisotopic (exact) mass is 279 g/mol. The molecule has 1 rings (SSSR count). The van der Waals surface area contributed by atoms with Crippen LogP contribution >= 0.6 is 0 Å². The van der Waals surface area contributed by atoms with Crippen molar-refractivity contribution in [3.05, 3.63) is 33.9 Å². The van der Waals surface area contributed by atoms with Gasteiger partial charge in [-0.2, -0.15) is 5.26 Å². The van der Waals surface area contributed by atoms with E-state index < -0.39 is 35.0 Å². The molecule has 9 nitrogen and oxygen atoms in total. The number of anilines is 1. The fraction of sp³-hybridized carbons (Fsp3) is 0.182. The molecule has 0 bridgehead atoms. The van der Waals surface area contributed by atoms with E-state index in [1.54, 1.807) is 6.07 Å². The molecule has 3 N–H and O–H groups in total. The number of carboxylic acid groups (broad SMARTS) is 2. The molecule has 0 aliphatic carbocycles. The number of nitro benzene ring substituents is 1. The summed E-state index contributed by atoms with van der Waals surface area (Å²) in [5.41, 5.74) is -0.629. The fourth-order valence-electron chi connectivity index (χ4n) is 1.44. The molecule has 9 heteroatoms. The summed E-state index contributed by atoms with van der Waals surface area (Å²) in [4.78, 5) is 31.5. The zero-order valence-corrected chi connectivity index (χ0v) is 9.94. The highest BCUT2D eigenvalue weighted by atomic mass is 16.6. The van der Waals surface area contributed by atoms with Gasteiger partial charge in [-0.05, 0) is 12.1 Å². The van der Waals surface area contributed by atoms with Crippen LogP contribution in [0.2, 0.25) is 0 Å². The molecule has 0 saturated carbocycles. The molecule has 0 radical (unpaired) electrons. The van der Waals surface area contributed by atoms with E-state index in [4.69, 9.17) is 15.5 Å². The molecule has 0 amide bonds. The molecule has 1 aromatic carbocycles. The van der Waals surface area contributed by atoms with Crippen molar-refractivity contribution in [1.29, 1.82) is 5.26 Å². The minimum Gasteiger partial charge on any atom is -0.481 e. The van der Waals surface area contributed by atoms with E-state index in [-0.39, 0.29) is 11.3 Å². The van der Waals surface area contributed by atoms with Crippen LogP contribution in [-0.4, -0.2) is 33.1 Å². The highest BCUT2D eigenvalue weighted by Gasteiger charge is 2.24. The number of benzene rings is 1. The van der Waals surface area contributed by atoms with Gasteiger partial charge in [0.15, 0.2) is 0 Å². The summed E-state index contributed by atoms with van der Waals surface area (Å²) in [6.07, 6.45) is -0.744. The van der Waals surface area contributed by atoms with Crippen LogP contribution in [0.3, 0.4) is 0 Å². The highest BCUT2D eigenvalue weighted by molar-refractivity contribution is 5.84. The summed E-state index contributed by atoms with van der Waals surface area (Å²) in [5.74, 6) is -2.81. The second kappa shape index (κ2) is 6.14. The van der Waals surface area contributed by atoms with Crippen LogP contribution in [0, 0.1) is 21.4 Å². The Morgan fingerprint density at radius 1 is 1.45 bits per heavy atom. The summed E-state index contributed by atoms with van der Waals surface area (Å²) >= 11 is 0. The maximum atomic E-state index is 10.9. The molecule has 0 aliphatic rings. The summed E-state index contributed by atoms with van der Waals surface area (Å²) in [5, 5.41) is 39.3. The second-order valence-corrected chi connectivity index (χ2v) is 3.73. The SMILES string of the molecule is N#Cc1ccc(NC(CC(=O)O)C(=O)O)c([N+](=O)[O-])c1. The van der Waals surface area contributed by atoms with Gasteiger partial charge in [0.05, 0.1) is 23.0 Å². The predicted octanol–water partition coefficient (Wildman–Crippen LogP) is 0.806. The Bertz CT molecular complexity index is 607. The van der Waals surface area contributed by atoms with Crippen LogP contribution in [0.5, 0.6) is 0 Å². The molecular weight excluding hydrogens is 270 g/mol. The number of nitro groups is 1. The molecule has 1 aromatic rings. The number of hydrogen-bond acceptors (Lipinski definition) is 6. The van der Waals surface area contributed by atoms with E-state index in [1.165, 1.54) is 6.07 Å². The Balaban J connectivity index is 3.12. The lowest BCUT2D eigenvalue weighted by molar-refractivity contribution is -0.384. The van der Waals surface area contributed by atoms with Crippen molar-refractivity contribution in [2.24, 2.45) is 0 Å². The zero-order chi connectivity index (χ0) is 15.3. The van der Waals surface area contributed by atoms with Crippen molar-refractivity contribution in [1.82, 2.24) is 0 Å². The lowest BCUT2D eigenvalue weighted by atomic mass is 10.1. The lowest BCUT2D eigenvalue weighted by Crippen LogP contribution is -2.32. The number of nitriles is 1. The van der Waals surface area contributed by atoms with Crippen LogP contribution in [-0.2, 0) is 9.59 Å². The summed E-state index contributed by atoms with van der Waals surface area (Å²) < 4.78 is 0. The van der Waals surface area contributed by atoms with Gasteiger partial charge in [-0.25, -0.2) is 4.79 Å². The molecule has 0 heterocycles. The quantitative estimate of drug-likeness (QED) is 0.510. The summed E-state index contributed by atoms with van der Waals surface area (Å²) in [6.45, 7) is 0. The number of carboxylic acids is 2. The van der Waals surface area contributed by atoms with Crippen molar-refractivity contribution in [3.63, 3.8) is 0 Å². The van der Waals surface area contributed by atoms with Crippen LogP contribution in [0.15, 0.2) is 18.2 Å². The van der Waals surface area contributed by atoms with Crippen LogP contribution in [0.4, 0.5) is 11.4 Å². The highest BCUT2D eigenvalue weighted by Crippen LogP contribution is 2.26. The minimum atomic E-state index is -1.51. The van der Waals surface area contributed by atoms with Gasteiger partial charge in [0.2, 0.25) is 0 Å². The first-order valence-corrected chi connectivity index (χ1v) is 5.25. The molecule has 20 heavy (non-hydrogen) atoms. The van der Waals surface area contributed by atoms with E-state index >= 15 is 0 Å². The van der Waals surface area contributed by atoms with Crippen molar-refractivity contribution in [2.45, 2.75) is 12.5 Å². The van der Waals surface area contributed by atoms with Crippen LogP contribution in [0.25, 0.3) is 0 Å². The number of nitrogens with zero attached hydrogens (tertiary/aromatic N) is 2. The average Bonchev–Trinajstić information content (AvgIpc) is 2.37. The van der Waals surface area contributed by atoms with E-state index in [9.17, 15) is 19.7 Å². The maximum Gasteiger partial charge on any atom is 0.326 e. The predicted molar refractivity (Wildman–Crippen MR) is 65.1 cm³/mol. The molecule has 0 fully saturated rings. The summed E-state index contributed by atoms with van der Waals surface area (Å²) in [7, 11) is 0. The van der Waals surface area contributed by atoms with Crippen molar-refractivity contribution < 1.29 is 24.7 Å². The first-order valence-electron chi connectivity index (χ1n) is 5.25. The lowest BCUT2D eigenvalue weighted by Gasteiger charge is -2.13. The third kappa shape index (κ3) is 3.67. The third-order valence-corrected chi connectivity index (χ3v) is 2.33. The van der Waals surface area contributed by atoms with E-state index in [0.717, 1.165) is 12.1 Å². The standard InChI is InChI=1S/C11H9N3O6/c12-5-6-1-2-7(9(3-6)14(19)20)13-8(11(17)18)4-10(15)16/h1-3,8,13H,4H2,(H,15,16)(H,17,18). The molecule has 1 unspecified atom stereocenters. The molecule has 1 atom stereocenters. The molecule has 104 valence electrons. The van der Waals surface area contributed by atoms with Gasteiger partial charge in [-0.15, -0.1) is 0 Å². The summed E-state index contributed by atoms with van der Waals surface area (Å²) in [6, 6.07) is 3.59. The van der Waals surface area contributed by atoms with Gasteiger partial charge in [-0.1, -0.05) is 0 Å². The second-order valence-electron chi connectivity index (χ2n) is 3.73. The number of carbonyl (C=O) groups is 2. The Labute approximate surface area is 112 Å². The van der Waals surface area contributed by atoms with Gasteiger partial charge in [-0.3, -0.25) is 14.9 Å². The molecule has 0 aliphatic heterocycles. The molecule has 0 spiro atoms. The largest absolute Gasteiger partial charge is 0.481 e. The number of aliphatic carboxylic acids is 2. The van der Waals surface area contributed by atoms with Gasteiger partial charge < -0.3 is 15.5 Å². The first-order chi connectivity index (χ1) is 9.35. The molecule has 0 aromatic heterocycles. The van der Waals surface area contributed by atoms with E-state index in [2.05, 4.69) is 5.32 Å². The maximum absolute atomic E-state index is 10.9.